The fourth-order valence-corrected chi connectivity index (χ4v) is 2.35. The quantitative estimate of drug-likeness (QED) is 0.794. The molecule has 0 aliphatic rings. The summed E-state index contributed by atoms with van der Waals surface area (Å²) in [6, 6.07) is 3.39. The van der Waals surface area contributed by atoms with Gasteiger partial charge in [-0.25, -0.2) is 9.78 Å². The van der Waals surface area contributed by atoms with Crippen LogP contribution >= 0.6 is 11.3 Å². The van der Waals surface area contributed by atoms with Gasteiger partial charge in [-0.3, -0.25) is 0 Å². The minimum atomic E-state index is -0.465. The smallest absolute Gasteiger partial charge is 0.342 e. The van der Waals surface area contributed by atoms with E-state index in [1.54, 1.807) is 31.5 Å². The topological polar surface area (TPSA) is 57.7 Å². The van der Waals surface area contributed by atoms with Gasteiger partial charge in [0.25, 0.3) is 0 Å². The van der Waals surface area contributed by atoms with Gasteiger partial charge in [-0.2, -0.15) is 0 Å². The van der Waals surface area contributed by atoms with Gasteiger partial charge in [-0.05, 0) is 17.7 Å². The monoisotopic (exact) mass is 305 g/mol. The molecule has 0 unspecified atom stereocenters. The molecule has 110 valence electrons. The summed E-state index contributed by atoms with van der Waals surface area (Å²) < 4.78 is 15.3. The molecule has 1 heterocycles. The molecule has 1 aromatic heterocycles. The second kappa shape index (κ2) is 6.90. The number of nitrogens with zero attached hydrogens (tertiary/aromatic N) is 1. The van der Waals surface area contributed by atoms with Gasteiger partial charge in [0.15, 0.2) is 0 Å². The summed E-state index contributed by atoms with van der Waals surface area (Å²) in [4.78, 5) is 16.1. The first-order chi connectivity index (χ1) is 10.2. The highest BCUT2D eigenvalue weighted by atomic mass is 32.1. The van der Waals surface area contributed by atoms with Crippen LogP contribution in [0.2, 0.25) is 0 Å². The number of carbonyl (C=O) groups is 1. The molecule has 0 amide bonds. The summed E-state index contributed by atoms with van der Waals surface area (Å²) in [5.74, 6) is 0.534. The second-order valence-electron chi connectivity index (χ2n) is 3.99. The van der Waals surface area contributed by atoms with E-state index < -0.39 is 5.97 Å². The third-order valence-electron chi connectivity index (χ3n) is 2.81. The predicted octanol–water partition coefficient (Wildman–Crippen LogP) is 3.12. The Balaban J connectivity index is 2.52. The van der Waals surface area contributed by atoms with Crippen molar-refractivity contribution in [3.8, 4) is 11.5 Å². The van der Waals surface area contributed by atoms with E-state index in [9.17, 15) is 4.79 Å². The third kappa shape index (κ3) is 3.41. The van der Waals surface area contributed by atoms with Crippen LogP contribution in [0.1, 0.15) is 20.9 Å². The van der Waals surface area contributed by atoms with Crippen molar-refractivity contribution in [2.45, 2.75) is 0 Å². The van der Waals surface area contributed by atoms with Crippen LogP contribution < -0.4 is 9.47 Å². The van der Waals surface area contributed by atoms with Crippen LogP contribution in [-0.2, 0) is 4.74 Å². The molecule has 6 heteroatoms. The summed E-state index contributed by atoms with van der Waals surface area (Å²) >= 11 is 1.51. The zero-order valence-corrected chi connectivity index (χ0v) is 12.8. The lowest BCUT2D eigenvalue weighted by molar-refractivity contribution is 0.0597. The van der Waals surface area contributed by atoms with Gasteiger partial charge in [0.05, 0.1) is 21.3 Å². The molecule has 0 atom stereocenters. The van der Waals surface area contributed by atoms with E-state index in [2.05, 4.69) is 4.98 Å². The Labute approximate surface area is 126 Å². The van der Waals surface area contributed by atoms with E-state index in [-0.39, 0.29) is 0 Å². The molecule has 0 saturated carbocycles. The van der Waals surface area contributed by atoms with Crippen molar-refractivity contribution in [1.29, 1.82) is 0 Å². The number of hydrogen-bond acceptors (Lipinski definition) is 6. The predicted molar refractivity (Wildman–Crippen MR) is 81.9 cm³/mol. The number of ether oxygens (including phenoxy) is 3. The Bertz CT molecular complexity index is 650. The highest BCUT2D eigenvalue weighted by Gasteiger charge is 2.18. The van der Waals surface area contributed by atoms with Crippen LogP contribution in [0.25, 0.3) is 12.2 Å². The molecule has 0 aliphatic carbocycles. The van der Waals surface area contributed by atoms with E-state index >= 15 is 0 Å². The SMILES string of the molecule is COC(=O)c1c(/C=C/c2nccs2)cc(OC)cc1OC. The third-order valence-corrected chi connectivity index (χ3v) is 3.55. The minimum absolute atomic E-state index is 0.355. The number of esters is 1. The molecule has 1 aromatic carbocycles. The summed E-state index contributed by atoms with van der Waals surface area (Å²) in [5, 5.41) is 2.72. The number of aromatic nitrogens is 1. The van der Waals surface area contributed by atoms with Gasteiger partial charge in [-0.15, -0.1) is 11.3 Å². The molecule has 21 heavy (non-hydrogen) atoms. The van der Waals surface area contributed by atoms with Gasteiger partial charge in [0.2, 0.25) is 0 Å². The van der Waals surface area contributed by atoms with Gasteiger partial charge in [0.1, 0.15) is 22.1 Å². The van der Waals surface area contributed by atoms with Crippen LogP contribution in [0.4, 0.5) is 0 Å². The second-order valence-corrected chi connectivity index (χ2v) is 4.92. The lowest BCUT2D eigenvalue weighted by atomic mass is 10.0. The molecule has 0 bridgehead atoms. The maximum Gasteiger partial charge on any atom is 0.342 e. The molecular formula is C15H15NO4S. The number of benzene rings is 1. The first kappa shape index (κ1) is 15.1. The minimum Gasteiger partial charge on any atom is -0.497 e. The number of carbonyl (C=O) groups excluding carboxylic acids is 1. The summed E-state index contributed by atoms with van der Waals surface area (Å²) in [6.07, 6.45) is 5.33. The average Bonchev–Trinajstić information content (AvgIpc) is 3.04. The normalized spacial score (nSPS) is 10.6. The van der Waals surface area contributed by atoms with E-state index in [1.807, 2.05) is 11.5 Å². The molecule has 0 radical (unpaired) electrons. The maximum atomic E-state index is 12.0. The van der Waals surface area contributed by atoms with E-state index in [1.165, 1.54) is 25.6 Å². The lowest BCUT2D eigenvalue weighted by Gasteiger charge is -2.12. The lowest BCUT2D eigenvalue weighted by Crippen LogP contribution is -2.07. The molecule has 0 fully saturated rings. The van der Waals surface area contributed by atoms with Crippen molar-refractivity contribution in [3.63, 3.8) is 0 Å². The van der Waals surface area contributed by atoms with Crippen molar-refractivity contribution in [1.82, 2.24) is 4.98 Å². The van der Waals surface area contributed by atoms with Gasteiger partial charge < -0.3 is 14.2 Å². The summed E-state index contributed by atoms with van der Waals surface area (Å²) in [5.41, 5.74) is 1.00. The fraction of sp³-hybridized carbons (Fsp3) is 0.200. The van der Waals surface area contributed by atoms with Crippen molar-refractivity contribution in [2.24, 2.45) is 0 Å². The zero-order chi connectivity index (χ0) is 15.2. The van der Waals surface area contributed by atoms with E-state index in [0.29, 0.717) is 22.6 Å². The van der Waals surface area contributed by atoms with Crippen molar-refractivity contribution in [3.05, 3.63) is 39.8 Å². The molecule has 5 nitrogen and oxygen atoms in total. The average molecular weight is 305 g/mol. The van der Waals surface area contributed by atoms with Crippen LogP contribution in [0, 0.1) is 0 Å². The molecule has 2 aromatic rings. The molecule has 0 spiro atoms. The van der Waals surface area contributed by atoms with Crippen LogP contribution in [-0.4, -0.2) is 32.3 Å². The van der Waals surface area contributed by atoms with Gasteiger partial charge >= 0.3 is 5.97 Å². The molecule has 0 aliphatic heterocycles. The summed E-state index contributed by atoms with van der Waals surface area (Å²) in [7, 11) is 4.39. The van der Waals surface area contributed by atoms with Crippen LogP contribution in [0.3, 0.4) is 0 Å². The van der Waals surface area contributed by atoms with Crippen molar-refractivity contribution >= 4 is 29.5 Å². The Morgan fingerprint density at radius 2 is 2.00 bits per heavy atom. The molecular weight excluding hydrogens is 290 g/mol. The molecule has 2 rings (SSSR count). The first-order valence-corrected chi connectivity index (χ1v) is 6.99. The largest absolute Gasteiger partial charge is 0.497 e. The fourth-order valence-electron chi connectivity index (χ4n) is 1.82. The van der Waals surface area contributed by atoms with Crippen LogP contribution in [0.15, 0.2) is 23.7 Å². The van der Waals surface area contributed by atoms with E-state index in [0.717, 1.165) is 5.01 Å². The highest BCUT2D eigenvalue weighted by Crippen LogP contribution is 2.30. The summed E-state index contributed by atoms with van der Waals surface area (Å²) in [6.45, 7) is 0. The number of hydrogen-bond donors (Lipinski definition) is 0. The Hall–Kier alpha value is -2.34. The maximum absolute atomic E-state index is 12.0. The number of methoxy groups -OCH3 is 3. The van der Waals surface area contributed by atoms with E-state index in [4.69, 9.17) is 14.2 Å². The first-order valence-electron chi connectivity index (χ1n) is 6.11. The Morgan fingerprint density at radius 1 is 1.19 bits per heavy atom. The van der Waals surface area contributed by atoms with Gasteiger partial charge in [0, 0.05) is 17.6 Å². The standard InChI is InChI=1S/C15H15NO4S/c1-18-11-8-10(4-5-13-16-6-7-21-13)14(15(17)20-3)12(9-11)19-2/h4-9H,1-3H3/b5-4+. The van der Waals surface area contributed by atoms with Crippen LogP contribution in [0.5, 0.6) is 11.5 Å². The highest BCUT2D eigenvalue weighted by molar-refractivity contribution is 7.10. The molecule has 0 N–H and O–H groups in total. The van der Waals surface area contributed by atoms with Crippen molar-refractivity contribution in [2.75, 3.05) is 21.3 Å². The van der Waals surface area contributed by atoms with Crippen molar-refractivity contribution < 1.29 is 19.0 Å². The Kier molecular flexibility index (Phi) is 4.94. The number of rotatable bonds is 5. The Morgan fingerprint density at radius 3 is 2.57 bits per heavy atom. The molecule has 0 saturated heterocycles. The zero-order valence-electron chi connectivity index (χ0n) is 12.0. The van der Waals surface area contributed by atoms with Gasteiger partial charge in [-0.1, -0.05) is 6.08 Å². The number of thiazole rings is 1.